The number of carboxylic acid groups (broad SMARTS) is 1. The molecule has 0 amide bonds. The van der Waals surface area contributed by atoms with E-state index in [0.717, 1.165) is 34.7 Å². The summed E-state index contributed by atoms with van der Waals surface area (Å²) in [5.74, 6) is -1.29. The molecule has 0 saturated heterocycles. The van der Waals surface area contributed by atoms with Crippen molar-refractivity contribution in [2.24, 2.45) is 0 Å². The fraction of sp³-hybridized carbons (Fsp3) is 0.500. The van der Waals surface area contributed by atoms with Gasteiger partial charge in [-0.1, -0.05) is 11.3 Å². The van der Waals surface area contributed by atoms with Crippen molar-refractivity contribution in [3.63, 3.8) is 0 Å². The summed E-state index contributed by atoms with van der Waals surface area (Å²) in [6, 6.07) is 0. The predicted molar refractivity (Wildman–Crippen MR) is 48.3 cm³/mol. The molecule has 1 aliphatic carbocycles. The van der Waals surface area contributed by atoms with Crippen LogP contribution in [0, 0.1) is 0 Å². The molecule has 0 saturated carbocycles. The first kappa shape index (κ1) is 8.50. The maximum Gasteiger partial charge on any atom is 0.311 e. The molecule has 0 bridgehead atoms. The van der Waals surface area contributed by atoms with Gasteiger partial charge < -0.3 is 10.1 Å². The Morgan fingerprint density at radius 1 is 1.62 bits per heavy atom. The number of aromatic nitrogens is 1. The van der Waals surface area contributed by atoms with Crippen molar-refractivity contribution < 1.29 is 9.90 Å². The zero-order valence-electron chi connectivity index (χ0n) is 6.87. The minimum atomic E-state index is -0.823. The number of fused-ring (bicyclic) bond motifs is 1. The topological polar surface area (TPSA) is 70.2 Å². The van der Waals surface area contributed by atoms with E-state index < -0.39 is 11.9 Å². The fourth-order valence-electron chi connectivity index (χ4n) is 1.69. The SMILES string of the molecule is O=C(O)C1CCCc2[nH]c(=O)sc21. The molecule has 0 aromatic carbocycles. The predicted octanol–water partition coefficient (Wildman–Crippen LogP) is 0.941. The Bertz CT molecular complexity index is 392. The zero-order chi connectivity index (χ0) is 9.42. The third-order valence-electron chi connectivity index (χ3n) is 2.29. The average molecular weight is 199 g/mol. The number of aromatic amines is 1. The number of carbonyl (C=O) groups is 1. The highest BCUT2D eigenvalue weighted by Gasteiger charge is 2.28. The van der Waals surface area contributed by atoms with Crippen molar-refractivity contribution in [2.45, 2.75) is 25.2 Å². The van der Waals surface area contributed by atoms with Gasteiger partial charge in [0.1, 0.15) is 0 Å². The zero-order valence-corrected chi connectivity index (χ0v) is 7.69. The van der Waals surface area contributed by atoms with Crippen LogP contribution in [0.3, 0.4) is 0 Å². The van der Waals surface area contributed by atoms with Gasteiger partial charge in [-0.15, -0.1) is 0 Å². The van der Waals surface area contributed by atoms with E-state index in [4.69, 9.17) is 5.11 Å². The molecule has 2 N–H and O–H groups in total. The first-order valence-corrected chi connectivity index (χ1v) is 4.95. The van der Waals surface area contributed by atoms with Crippen LogP contribution in [0.4, 0.5) is 0 Å². The van der Waals surface area contributed by atoms with E-state index in [1.165, 1.54) is 0 Å². The second-order valence-electron chi connectivity index (χ2n) is 3.14. The number of rotatable bonds is 1. The van der Waals surface area contributed by atoms with Gasteiger partial charge in [-0.3, -0.25) is 9.59 Å². The molecule has 1 heterocycles. The van der Waals surface area contributed by atoms with E-state index in [1.54, 1.807) is 0 Å². The molecular weight excluding hydrogens is 190 g/mol. The van der Waals surface area contributed by atoms with E-state index in [9.17, 15) is 9.59 Å². The molecule has 13 heavy (non-hydrogen) atoms. The number of H-pyrrole nitrogens is 1. The lowest BCUT2D eigenvalue weighted by molar-refractivity contribution is -0.139. The first-order valence-electron chi connectivity index (χ1n) is 4.13. The summed E-state index contributed by atoms with van der Waals surface area (Å²) >= 11 is 1.03. The molecule has 2 rings (SSSR count). The summed E-state index contributed by atoms with van der Waals surface area (Å²) in [5, 5.41) is 8.89. The highest BCUT2D eigenvalue weighted by molar-refractivity contribution is 7.09. The van der Waals surface area contributed by atoms with Crippen LogP contribution in [0.15, 0.2) is 4.79 Å². The van der Waals surface area contributed by atoms with Gasteiger partial charge in [-0.05, 0) is 19.3 Å². The van der Waals surface area contributed by atoms with Gasteiger partial charge in [0.15, 0.2) is 0 Å². The molecule has 70 valence electrons. The number of thiazole rings is 1. The van der Waals surface area contributed by atoms with Crippen LogP contribution in [-0.2, 0) is 11.2 Å². The number of hydrogen-bond acceptors (Lipinski definition) is 3. The van der Waals surface area contributed by atoms with Gasteiger partial charge in [-0.2, -0.15) is 0 Å². The Balaban J connectivity index is 2.47. The van der Waals surface area contributed by atoms with Crippen molar-refractivity contribution in [3.05, 3.63) is 20.2 Å². The number of aryl methyl sites for hydroxylation is 1. The lowest BCUT2D eigenvalue weighted by Gasteiger charge is -2.16. The second kappa shape index (κ2) is 2.99. The van der Waals surface area contributed by atoms with Crippen molar-refractivity contribution in [3.8, 4) is 0 Å². The summed E-state index contributed by atoms with van der Waals surface area (Å²) in [7, 11) is 0. The van der Waals surface area contributed by atoms with Crippen molar-refractivity contribution >= 4 is 17.3 Å². The van der Waals surface area contributed by atoms with Crippen molar-refractivity contribution in [1.82, 2.24) is 4.98 Å². The molecule has 0 aliphatic heterocycles. The first-order chi connectivity index (χ1) is 6.18. The molecule has 4 nitrogen and oxygen atoms in total. The minimum Gasteiger partial charge on any atom is -0.481 e. The average Bonchev–Trinajstić information content (AvgIpc) is 2.43. The highest BCUT2D eigenvalue weighted by Crippen LogP contribution is 2.32. The molecule has 0 spiro atoms. The van der Waals surface area contributed by atoms with Crippen LogP contribution in [0.5, 0.6) is 0 Å². The van der Waals surface area contributed by atoms with Gasteiger partial charge in [0, 0.05) is 10.6 Å². The minimum absolute atomic E-state index is 0.141. The third-order valence-corrected chi connectivity index (χ3v) is 3.33. The molecule has 1 atom stereocenters. The molecule has 0 radical (unpaired) electrons. The van der Waals surface area contributed by atoms with Crippen LogP contribution < -0.4 is 4.87 Å². The van der Waals surface area contributed by atoms with E-state index in [1.807, 2.05) is 0 Å². The van der Waals surface area contributed by atoms with Crippen LogP contribution in [0.2, 0.25) is 0 Å². The smallest absolute Gasteiger partial charge is 0.311 e. The highest BCUT2D eigenvalue weighted by atomic mass is 32.1. The van der Waals surface area contributed by atoms with Gasteiger partial charge in [0.2, 0.25) is 0 Å². The summed E-state index contributed by atoms with van der Waals surface area (Å²) in [4.78, 5) is 25.1. The van der Waals surface area contributed by atoms with Crippen molar-refractivity contribution in [1.29, 1.82) is 0 Å². The van der Waals surface area contributed by atoms with Crippen LogP contribution >= 0.6 is 11.3 Å². The second-order valence-corrected chi connectivity index (χ2v) is 4.16. The number of nitrogens with one attached hydrogen (secondary N) is 1. The van der Waals surface area contributed by atoms with Gasteiger partial charge in [-0.25, -0.2) is 0 Å². The summed E-state index contributed by atoms with van der Waals surface area (Å²) in [5.41, 5.74) is 0.827. The Kier molecular flexibility index (Phi) is 1.95. The van der Waals surface area contributed by atoms with Crippen LogP contribution in [-0.4, -0.2) is 16.1 Å². The fourth-order valence-corrected chi connectivity index (χ4v) is 2.70. The Hall–Kier alpha value is -1.10. The molecule has 1 aromatic heterocycles. The largest absolute Gasteiger partial charge is 0.481 e. The number of hydrogen-bond donors (Lipinski definition) is 2. The molecule has 5 heteroatoms. The van der Waals surface area contributed by atoms with Crippen LogP contribution in [0.25, 0.3) is 0 Å². The van der Waals surface area contributed by atoms with Gasteiger partial charge in [0.25, 0.3) is 0 Å². The maximum atomic E-state index is 11.0. The Morgan fingerprint density at radius 3 is 3.08 bits per heavy atom. The Labute approximate surface area is 78.2 Å². The summed E-state index contributed by atoms with van der Waals surface area (Å²) in [6.07, 6.45) is 2.30. The van der Waals surface area contributed by atoms with Gasteiger partial charge in [0.05, 0.1) is 5.92 Å². The molecule has 1 unspecified atom stereocenters. The van der Waals surface area contributed by atoms with Crippen molar-refractivity contribution in [2.75, 3.05) is 0 Å². The quantitative estimate of drug-likeness (QED) is 0.707. The van der Waals surface area contributed by atoms with E-state index >= 15 is 0 Å². The molecule has 1 aromatic rings. The summed E-state index contributed by atoms with van der Waals surface area (Å²) in [6.45, 7) is 0. The molecule has 0 fully saturated rings. The van der Waals surface area contributed by atoms with Gasteiger partial charge >= 0.3 is 10.8 Å². The number of aliphatic carboxylic acids is 1. The Morgan fingerprint density at radius 2 is 2.38 bits per heavy atom. The lowest BCUT2D eigenvalue weighted by Crippen LogP contribution is -2.16. The van der Waals surface area contributed by atoms with Crippen LogP contribution in [0.1, 0.15) is 29.3 Å². The summed E-state index contributed by atoms with van der Waals surface area (Å²) < 4.78 is 0. The van der Waals surface area contributed by atoms with E-state index in [2.05, 4.69) is 4.98 Å². The monoisotopic (exact) mass is 199 g/mol. The standard InChI is InChI=1S/C8H9NO3S/c10-7(11)4-2-1-3-5-6(4)13-8(12)9-5/h4H,1-3H2,(H,9,12)(H,10,11). The molecule has 1 aliphatic rings. The molecular formula is C8H9NO3S. The third kappa shape index (κ3) is 1.39. The van der Waals surface area contributed by atoms with E-state index in [0.29, 0.717) is 6.42 Å². The number of carboxylic acids is 1. The lowest BCUT2D eigenvalue weighted by atomic mass is 9.92. The normalized spacial score (nSPS) is 21.1. The van der Waals surface area contributed by atoms with E-state index in [-0.39, 0.29) is 4.87 Å². The maximum absolute atomic E-state index is 11.0.